The minimum Gasteiger partial charge on any atom is -0.457 e. The minimum absolute atomic E-state index is 0.0831. The van der Waals surface area contributed by atoms with Gasteiger partial charge in [0.25, 0.3) is 0 Å². The molecule has 9 heteroatoms. The van der Waals surface area contributed by atoms with Crippen LogP contribution in [0.2, 0.25) is 0 Å². The van der Waals surface area contributed by atoms with Gasteiger partial charge in [-0.3, -0.25) is 13.8 Å². The first-order valence-electron chi connectivity index (χ1n) is 26.7. The molecule has 3 N–H and O–H groups in total. The van der Waals surface area contributed by atoms with E-state index in [2.05, 4.69) is 148 Å². The third-order valence-electron chi connectivity index (χ3n) is 10.6. The quantitative estimate of drug-likeness (QED) is 0.0268. The van der Waals surface area contributed by atoms with Crippen molar-refractivity contribution in [2.24, 2.45) is 5.73 Å². The van der Waals surface area contributed by atoms with Crippen molar-refractivity contribution in [1.82, 2.24) is 0 Å². The first kappa shape index (κ1) is 64.6. The monoisotopic (exact) mass is 964 g/mol. The van der Waals surface area contributed by atoms with E-state index >= 15 is 0 Å². The van der Waals surface area contributed by atoms with Gasteiger partial charge in [0.05, 0.1) is 19.8 Å². The molecule has 0 rings (SSSR count). The molecule has 2 atom stereocenters. The van der Waals surface area contributed by atoms with Crippen molar-refractivity contribution in [3.8, 4) is 0 Å². The van der Waals surface area contributed by atoms with Gasteiger partial charge < -0.3 is 20.1 Å². The molecule has 0 aromatic rings. The predicted molar refractivity (Wildman–Crippen MR) is 293 cm³/mol. The molecular formula is C59H98NO7P. The number of rotatable bonds is 49. The average Bonchev–Trinajstić information content (AvgIpc) is 3.33. The van der Waals surface area contributed by atoms with E-state index < -0.39 is 19.9 Å². The third kappa shape index (κ3) is 53.6. The van der Waals surface area contributed by atoms with E-state index in [1.165, 1.54) is 77.0 Å². The van der Waals surface area contributed by atoms with Crippen molar-refractivity contribution in [1.29, 1.82) is 0 Å². The molecule has 8 nitrogen and oxygen atoms in total. The van der Waals surface area contributed by atoms with Crippen LogP contribution in [0.4, 0.5) is 0 Å². The molecule has 0 bridgehead atoms. The predicted octanol–water partition coefficient (Wildman–Crippen LogP) is 17.1. The lowest BCUT2D eigenvalue weighted by Crippen LogP contribution is -2.28. The van der Waals surface area contributed by atoms with Gasteiger partial charge in [0.15, 0.2) is 0 Å². The number of phosphoric acid groups is 1. The Morgan fingerprint density at radius 1 is 0.441 bits per heavy atom. The van der Waals surface area contributed by atoms with Gasteiger partial charge in [-0.2, -0.15) is 0 Å². The molecule has 0 aliphatic carbocycles. The number of hydrogen-bond acceptors (Lipinski definition) is 7. The molecule has 0 heterocycles. The molecule has 0 radical (unpaired) electrons. The van der Waals surface area contributed by atoms with Crippen LogP contribution in [0.3, 0.4) is 0 Å². The number of carbonyl (C=O) groups excluding carboxylic acids is 1. The Morgan fingerprint density at radius 3 is 1.16 bits per heavy atom. The summed E-state index contributed by atoms with van der Waals surface area (Å²) in [6, 6.07) is 0. The first-order chi connectivity index (χ1) is 33.4. The van der Waals surface area contributed by atoms with Crippen molar-refractivity contribution < 1.29 is 32.8 Å². The fourth-order valence-electron chi connectivity index (χ4n) is 6.74. The zero-order valence-electron chi connectivity index (χ0n) is 43.0. The summed E-state index contributed by atoms with van der Waals surface area (Å²) in [6.07, 6.45) is 77.9. The van der Waals surface area contributed by atoms with Crippen molar-refractivity contribution in [2.75, 3.05) is 33.0 Å². The van der Waals surface area contributed by atoms with Gasteiger partial charge in [-0.15, -0.1) is 0 Å². The molecule has 0 spiro atoms. The van der Waals surface area contributed by atoms with Crippen molar-refractivity contribution >= 4 is 13.8 Å². The van der Waals surface area contributed by atoms with Gasteiger partial charge in [0, 0.05) is 19.6 Å². The van der Waals surface area contributed by atoms with Crippen molar-refractivity contribution in [2.45, 2.75) is 200 Å². The van der Waals surface area contributed by atoms with Gasteiger partial charge in [0.1, 0.15) is 6.10 Å². The Morgan fingerprint density at radius 2 is 0.779 bits per heavy atom. The average molecular weight is 964 g/mol. The molecule has 0 aliphatic heterocycles. The summed E-state index contributed by atoms with van der Waals surface area (Å²) in [5.41, 5.74) is 5.39. The first-order valence-corrected chi connectivity index (χ1v) is 28.2. The standard InChI is InChI=1S/C59H98NO7P/c1-3-5-7-9-11-13-15-17-19-21-23-25-27-28-29-31-33-35-37-39-41-43-45-47-49-51-54-64-56-58(57-66-68(62,63)65-55-53-60)67-59(61)52-50-48-46-44-42-40-38-36-34-32-30-26-24-22-20-18-16-14-12-10-8-6-4-2/h5-8,11-14,17-20,23-26,32,34,38,40,44,46,58H,3-4,9-10,15-16,21-22,27-31,33,35-37,39,41-43,45,47-57,60H2,1-2H3,(H,62,63)/b7-5-,8-6-,13-11-,14-12-,19-17-,20-18-,25-23-,26-24-,34-32-,40-38-,46-44-. The molecule has 68 heavy (non-hydrogen) atoms. The highest BCUT2D eigenvalue weighted by Gasteiger charge is 2.25. The van der Waals surface area contributed by atoms with Crippen LogP contribution in [-0.2, 0) is 27.9 Å². The third-order valence-corrected chi connectivity index (χ3v) is 11.5. The number of nitrogens with two attached hydrogens (primary N) is 1. The highest BCUT2D eigenvalue weighted by Crippen LogP contribution is 2.43. The molecule has 0 fully saturated rings. The van der Waals surface area contributed by atoms with Crippen LogP contribution in [0.1, 0.15) is 194 Å². The van der Waals surface area contributed by atoms with E-state index in [9.17, 15) is 14.3 Å². The van der Waals surface area contributed by atoms with Gasteiger partial charge >= 0.3 is 13.8 Å². The number of carbonyl (C=O) groups is 1. The van der Waals surface area contributed by atoms with E-state index in [4.69, 9.17) is 24.3 Å². The van der Waals surface area contributed by atoms with Crippen LogP contribution >= 0.6 is 7.82 Å². The fourth-order valence-corrected chi connectivity index (χ4v) is 7.51. The molecule has 0 amide bonds. The Hall–Kier alpha value is -3.36. The molecular weight excluding hydrogens is 866 g/mol. The van der Waals surface area contributed by atoms with Crippen molar-refractivity contribution in [3.05, 3.63) is 134 Å². The smallest absolute Gasteiger partial charge is 0.457 e. The van der Waals surface area contributed by atoms with Crippen LogP contribution in [0.5, 0.6) is 0 Å². The Kier molecular flexibility index (Phi) is 51.9. The van der Waals surface area contributed by atoms with Crippen molar-refractivity contribution in [3.63, 3.8) is 0 Å². The lowest BCUT2D eigenvalue weighted by atomic mass is 10.0. The topological polar surface area (TPSA) is 117 Å². The second kappa shape index (κ2) is 54.6. The molecule has 0 aliphatic rings. The van der Waals surface area contributed by atoms with E-state index in [1.807, 2.05) is 0 Å². The Bertz CT molecular complexity index is 1500. The molecule has 0 aromatic carbocycles. The summed E-state index contributed by atoms with van der Waals surface area (Å²) in [6.45, 7) is 4.59. The lowest BCUT2D eigenvalue weighted by Gasteiger charge is -2.20. The number of phosphoric ester groups is 1. The number of esters is 1. The zero-order chi connectivity index (χ0) is 49.4. The summed E-state index contributed by atoms with van der Waals surface area (Å²) in [5, 5.41) is 0. The highest BCUT2D eigenvalue weighted by molar-refractivity contribution is 7.47. The van der Waals surface area contributed by atoms with Gasteiger partial charge in [-0.25, -0.2) is 4.57 Å². The van der Waals surface area contributed by atoms with Gasteiger partial charge in [0.2, 0.25) is 0 Å². The second-order valence-electron chi connectivity index (χ2n) is 17.0. The fraction of sp³-hybridized carbons (Fsp3) is 0.610. The zero-order valence-corrected chi connectivity index (χ0v) is 43.9. The van der Waals surface area contributed by atoms with E-state index in [1.54, 1.807) is 0 Å². The number of ether oxygens (including phenoxy) is 2. The van der Waals surface area contributed by atoms with E-state index in [0.717, 1.165) is 89.9 Å². The number of allylic oxidation sites excluding steroid dienone is 22. The minimum atomic E-state index is -4.31. The molecule has 0 saturated heterocycles. The highest BCUT2D eigenvalue weighted by atomic mass is 31.2. The SMILES string of the molecule is CC/C=C\C/C=C\C/C=C\C/C=C\C/C=C\C/C=C\C/C=C\CCCC(=O)OC(COCCCCCCCCCCCCCCC/C=C\C/C=C\C/C=C\C/C=C\CC)COP(=O)(O)OCCN. The molecule has 2 unspecified atom stereocenters. The Labute approximate surface area is 417 Å². The van der Waals surface area contributed by atoms with Crippen LogP contribution in [0.15, 0.2) is 134 Å². The van der Waals surface area contributed by atoms with Crippen LogP contribution in [-0.4, -0.2) is 49.9 Å². The number of hydrogen-bond donors (Lipinski definition) is 2. The molecule has 0 saturated carbocycles. The van der Waals surface area contributed by atoms with Gasteiger partial charge in [-0.05, 0) is 103 Å². The maximum Gasteiger partial charge on any atom is 0.472 e. The maximum absolute atomic E-state index is 12.7. The van der Waals surface area contributed by atoms with Gasteiger partial charge in [-0.1, -0.05) is 218 Å². The van der Waals surface area contributed by atoms with Crippen LogP contribution < -0.4 is 5.73 Å². The maximum atomic E-state index is 12.7. The normalized spacial score (nSPS) is 14.4. The number of unbranched alkanes of at least 4 members (excludes halogenated alkanes) is 14. The van der Waals surface area contributed by atoms with E-state index in [0.29, 0.717) is 13.0 Å². The summed E-state index contributed by atoms with van der Waals surface area (Å²) in [5.74, 6) is -0.392. The Balaban J connectivity index is 4.05. The summed E-state index contributed by atoms with van der Waals surface area (Å²) >= 11 is 0. The summed E-state index contributed by atoms with van der Waals surface area (Å²) in [7, 11) is -4.31. The lowest BCUT2D eigenvalue weighted by molar-refractivity contribution is -0.154. The molecule has 386 valence electrons. The summed E-state index contributed by atoms with van der Waals surface area (Å²) < 4.78 is 33.6. The summed E-state index contributed by atoms with van der Waals surface area (Å²) in [4.78, 5) is 22.6. The molecule has 0 aromatic heterocycles. The van der Waals surface area contributed by atoms with Crippen LogP contribution in [0.25, 0.3) is 0 Å². The van der Waals surface area contributed by atoms with E-state index in [-0.39, 0.29) is 32.8 Å². The largest absolute Gasteiger partial charge is 0.472 e. The van der Waals surface area contributed by atoms with Crippen LogP contribution in [0, 0.1) is 0 Å². The second-order valence-corrected chi connectivity index (χ2v) is 18.4.